The Labute approximate surface area is 218 Å². The fourth-order valence-corrected chi connectivity index (χ4v) is 4.83. The Balaban J connectivity index is 1.60. The van der Waals surface area contributed by atoms with Gasteiger partial charge in [-0.15, -0.1) is 0 Å². The smallest absolute Gasteiger partial charge is 0.275 e. The molecule has 8 nitrogen and oxygen atoms in total. The molecule has 2 aromatic carbocycles. The molecular weight excluding hydrogens is 478 g/mol. The number of ether oxygens (including phenoxy) is 1. The number of rotatable bonds is 6. The van der Waals surface area contributed by atoms with Crippen LogP contribution in [0.15, 0.2) is 94.8 Å². The van der Waals surface area contributed by atoms with E-state index in [1.807, 2.05) is 86.8 Å². The van der Waals surface area contributed by atoms with Gasteiger partial charge in [0, 0.05) is 35.0 Å². The van der Waals surface area contributed by atoms with Crippen molar-refractivity contribution in [2.45, 2.75) is 20.4 Å². The number of pyridine rings is 2. The Morgan fingerprint density at radius 3 is 2.50 bits per heavy atom. The predicted octanol–water partition coefficient (Wildman–Crippen LogP) is 5.58. The van der Waals surface area contributed by atoms with Crippen LogP contribution >= 0.6 is 0 Å². The monoisotopic (exact) mass is 503 g/mol. The fraction of sp³-hybridized carbons (Fsp3) is 0.133. The molecule has 0 aliphatic heterocycles. The van der Waals surface area contributed by atoms with Gasteiger partial charge in [0.15, 0.2) is 0 Å². The summed E-state index contributed by atoms with van der Waals surface area (Å²) in [6.45, 7) is 4.08. The fourth-order valence-electron chi connectivity index (χ4n) is 4.83. The highest BCUT2D eigenvalue weighted by Crippen LogP contribution is 2.38. The van der Waals surface area contributed by atoms with E-state index in [2.05, 4.69) is 15.1 Å². The quantitative estimate of drug-likeness (QED) is 0.295. The second kappa shape index (κ2) is 9.48. The molecule has 0 saturated carbocycles. The van der Waals surface area contributed by atoms with Crippen LogP contribution in [0.4, 0.5) is 0 Å². The van der Waals surface area contributed by atoms with Crippen LogP contribution in [0.5, 0.6) is 5.75 Å². The summed E-state index contributed by atoms with van der Waals surface area (Å²) in [7, 11) is 1.62. The van der Waals surface area contributed by atoms with E-state index in [4.69, 9.17) is 9.26 Å². The summed E-state index contributed by atoms with van der Waals surface area (Å²) < 4.78 is 14.7. The van der Waals surface area contributed by atoms with Gasteiger partial charge in [-0.2, -0.15) is 0 Å². The van der Waals surface area contributed by atoms with Gasteiger partial charge < -0.3 is 18.4 Å². The maximum atomic E-state index is 14.0. The van der Waals surface area contributed by atoms with Crippen molar-refractivity contribution in [2.24, 2.45) is 0 Å². The molecule has 6 aromatic rings. The van der Waals surface area contributed by atoms with Gasteiger partial charge in [0.2, 0.25) is 0 Å². The zero-order valence-electron chi connectivity index (χ0n) is 21.3. The van der Waals surface area contributed by atoms with Crippen molar-refractivity contribution < 1.29 is 9.26 Å². The van der Waals surface area contributed by atoms with Crippen molar-refractivity contribution in [1.82, 2.24) is 24.3 Å². The normalized spacial score (nSPS) is 11.2. The lowest BCUT2D eigenvalue weighted by molar-refractivity contribution is 0.393. The maximum absolute atomic E-state index is 14.0. The minimum Gasteiger partial charge on any atom is -0.496 e. The summed E-state index contributed by atoms with van der Waals surface area (Å²) in [5.74, 6) is 1.33. The molecule has 0 spiro atoms. The molecule has 0 aliphatic carbocycles. The number of hydrogen-bond donors (Lipinski definition) is 0. The molecule has 6 rings (SSSR count). The first-order valence-corrected chi connectivity index (χ1v) is 12.2. The van der Waals surface area contributed by atoms with Crippen molar-refractivity contribution in [3.8, 4) is 33.8 Å². The predicted molar refractivity (Wildman–Crippen MR) is 146 cm³/mol. The first-order chi connectivity index (χ1) is 18.5. The van der Waals surface area contributed by atoms with Crippen LogP contribution in [0.25, 0.3) is 39.0 Å². The number of imidazole rings is 1. The number of hydrogen-bond acceptors (Lipinski definition) is 6. The van der Waals surface area contributed by atoms with Crippen molar-refractivity contribution in [3.63, 3.8) is 0 Å². The van der Waals surface area contributed by atoms with Gasteiger partial charge in [-0.25, -0.2) is 4.98 Å². The molecule has 188 valence electrons. The SMILES string of the molecule is COc1cc2c(cc1-c1c(C)noc1C)cc(-n1cnc(-c3ccccc3)c1)c(=O)n2Cc1ccccn1. The van der Waals surface area contributed by atoms with E-state index >= 15 is 0 Å². The minimum atomic E-state index is -0.160. The van der Waals surface area contributed by atoms with Crippen molar-refractivity contribution in [2.75, 3.05) is 7.11 Å². The lowest BCUT2D eigenvalue weighted by Crippen LogP contribution is -2.25. The molecule has 8 heteroatoms. The number of nitrogens with zero attached hydrogens (tertiary/aromatic N) is 5. The van der Waals surface area contributed by atoms with Crippen molar-refractivity contribution in [3.05, 3.63) is 113 Å². The van der Waals surface area contributed by atoms with Crippen molar-refractivity contribution >= 4 is 10.9 Å². The van der Waals surface area contributed by atoms with Crippen LogP contribution in [0.3, 0.4) is 0 Å². The summed E-state index contributed by atoms with van der Waals surface area (Å²) in [4.78, 5) is 23.0. The third-order valence-electron chi connectivity index (χ3n) is 6.68. The standard InChI is InChI=1S/C30H25N5O3/c1-19-29(20(2)38-33-19)24-13-22-14-27(34-17-25(32-18-34)21-9-5-4-6-10-21)30(36)35(26(22)15-28(24)37-3)16-23-11-7-8-12-31-23/h4-15,17-18H,16H2,1-3H3. The second-order valence-electron chi connectivity index (χ2n) is 9.08. The zero-order chi connectivity index (χ0) is 26.2. The molecule has 0 atom stereocenters. The topological polar surface area (TPSA) is 88.0 Å². The molecule has 4 aromatic heterocycles. The second-order valence-corrected chi connectivity index (χ2v) is 9.08. The van der Waals surface area contributed by atoms with Crippen LogP contribution in [0.2, 0.25) is 0 Å². The first-order valence-electron chi connectivity index (χ1n) is 12.2. The highest BCUT2D eigenvalue weighted by atomic mass is 16.5. The molecular formula is C30H25N5O3. The zero-order valence-corrected chi connectivity index (χ0v) is 21.3. The summed E-state index contributed by atoms with van der Waals surface area (Å²) in [5.41, 5.74) is 6.09. The van der Waals surface area contributed by atoms with Crippen LogP contribution in [-0.4, -0.2) is 31.4 Å². The van der Waals surface area contributed by atoms with Crippen LogP contribution in [-0.2, 0) is 6.54 Å². The van der Waals surface area contributed by atoms with Gasteiger partial charge in [0.25, 0.3) is 5.56 Å². The molecule has 0 unspecified atom stereocenters. The highest BCUT2D eigenvalue weighted by molar-refractivity contribution is 5.90. The Morgan fingerprint density at radius 2 is 1.79 bits per heavy atom. The van der Waals surface area contributed by atoms with Crippen LogP contribution in [0.1, 0.15) is 17.1 Å². The summed E-state index contributed by atoms with van der Waals surface area (Å²) in [6, 6.07) is 21.4. The number of benzene rings is 2. The number of fused-ring (bicyclic) bond motifs is 1. The van der Waals surface area contributed by atoms with Gasteiger partial charge in [-0.1, -0.05) is 41.6 Å². The van der Waals surface area contributed by atoms with E-state index in [-0.39, 0.29) is 5.56 Å². The van der Waals surface area contributed by atoms with Crippen molar-refractivity contribution in [1.29, 1.82) is 0 Å². The molecule has 0 bridgehead atoms. The molecule has 38 heavy (non-hydrogen) atoms. The molecule has 4 heterocycles. The van der Waals surface area contributed by atoms with Gasteiger partial charge in [-0.05, 0) is 38.1 Å². The van der Waals surface area contributed by atoms with E-state index in [1.165, 1.54) is 0 Å². The largest absolute Gasteiger partial charge is 0.496 e. The molecule has 0 N–H and O–H groups in total. The summed E-state index contributed by atoms with van der Waals surface area (Å²) in [6.07, 6.45) is 5.28. The van der Waals surface area contributed by atoms with Gasteiger partial charge in [0.05, 0.1) is 41.8 Å². The molecule has 0 amide bonds. The Kier molecular flexibility index (Phi) is 5.84. The molecule has 0 aliphatic rings. The Hall–Kier alpha value is -4.98. The van der Waals surface area contributed by atoms with E-state index in [9.17, 15) is 4.79 Å². The average Bonchev–Trinajstić information content (AvgIpc) is 3.57. The summed E-state index contributed by atoms with van der Waals surface area (Å²) in [5, 5.41) is 4.99. The Morgan fingerprint density at radius 1 is 0.974 bits per heavy atom. The lowest BCUT2D eigenvalue weighted by Gasteiger charge is -2.16. The van der Waals surface area contributed by atoms with E-state index < -0.39 is 0 Å². The third-order valence-corrected chi connectivity index (χ3v) is 6.68. The van der Waals surface area contributed by atoms with Crippen LogP contribution < -0.4 is 10.3 Å². The van der Waals surface area contributed by atoms with Crippen LogP contribution in [0, 0.1) is 13.8 Å². The number of aryl methyl sites for hydroxylation is 2. The molecule has 0 saturated heterocycles. The Bertz CT molecular complexity index is 1800. The first kappa shape index (κ1) is 23.4. The summed E-state index contributed by atoms with van der Waals surface area (Å²) >= 11 is 0. The van der Waals surface area contributed by atoms with Gasteiger partial charge in [0.1, 0.15) is 23.5 Å². The number of methoxy groups -OCH3 is 1. The van der Waals surface area contributed by atoms with Gasteiger partial charge >= 0.3 is 0 Å². The average molecular weight is 504 g/mol. The lowest BCUT2D eigenvalue weighted by atomic mass is 10.00. The van der Waals surface area contributed by atoms with E-state index in [0.29, 0.717) is 23.7 Å². The number of aromatic nitrogens is 5. The van der Waals surface area contributed by atoms with E-state index in [1.54, 1.807) is 28.8 Å². The highest BCUT2D eigenvalue weighted by Gasteiger charge is 2.20. The maximum Gasteiger partial charge on any atom is 0.275 e. The molecule has 0 fully saturated rings. The molecule has 0 radical (unpaired) electrons. The van der Waals surface area contributed by atoms with E-state index in [0.717, 1.165) is 44.7 Å². The van der Waals surface area contributed by atoms with Gasteiger partial charge in [-0.3, -0.25) is 9.78 Å². The third kappa shape index (κ3) is 4.06. The minimum absolute atomic E-state index is 0.160.